The summed E-state index contributed by atoms with van der Waals surface area (Å²) in [6.45, 7) is 6.59. The third-order valence-corrected chi connectivity index (χ3v) is 0.540. The minimum Gasteiger partial charge on any atom is -0.286 e. The number of hydrogen-bond donors (Lipinski definition) is 1. The molecular formula is C6H9N3. The first-order valence-electron chi connectivity index (χ1n) is 2.42. The quantitative estimate of drug-likeness (QED) is 0.438. The average molecular weight is 123 g/mol. The molecule has 0 amide bonds. The standard InChI is InChI=1S/C6H9N3/c1-3-8-5-4-6-9-7-2/h3-6,9H,1-2H2/b6-4-,8-5-. The molecule has 9 heavy (non-hydrogen) atoms. The summed E-state index contributed by atoms with van der Waals surface area (Å²) in [7, 11) is 0. The molecule has 0 saturated heterocycles. The molecule has 0 fully saturated rings. The maximum absolute atomic E-state index is 3.69. The fourth-order valence-electron chi connectivity index (χ4n) is 0.249. The van der Waals surface area contributed by atoms with E-state index in [4.69, 9.17) is 0 Å². The van der Waals surface area contributed by atoms with Crippen LogP contribution in [0.2, 0.25) is 0 Å². The van der Waals surface area contributed by atoms with Gasteiger partial charge in [-0.1, -0.05) is 6.58 Å². The summed E-state index contributed by atoms with van der Waals surface area (Å²) >= 11 is 0. The van der Waals surface area contributed by atoms with E-state index < -0.39 is 0 Å². The summed E-state index contributed by atoms with van der Waals surface area (Å²) in [4.78, 5) is 3.69. The van der Waals surface area contributed by atoms with Gasteiger partial charge in [0.15, 0.2) is 0 Å². The monoisotopic (exact) mass is 123 g/mol. The van der Waals surface area contributed by atoms with Crippen LogP contribution in [0.15, 0.2) is 35.1 Å². The summed E-state index contributed by atoms with van der Waals surface area (Å²) in [5.74, 6) is 0. The Morgan fingerprint density at radius 1 is 1.44 bits per heavy atom. The number of hydrazone groups is 1. The van der Waals surface area contributed by atoms with E-state index in [9.17, 15) is 0 Å². The minimum absolute atomic E-state index is 1.45. The van der Waals surface area contributed by atoms with Crippen LogP contribution in [-0.4, -0.2) is 12.9 Å². The molecule has 0 unspecified atom stereocenters. The molecule has 1 N–H and O–H groups in total. The van der Waals surface area contributed by atoms with Crippen LogP contribution in [0.25, 0.3) is 0 Å². The number of rotatable bonds is 4. The van der Waals surface area contributed by atoms with Crippen molar-refractivity contribution in [3.05, 3.63) is 25.1 Å². The number of allylic oxidation sites excluding steroid dienone is 1. The highest BCUT2D eigenvalue weighted by Crippen LogP contribution is 1.66. The van der Waals surface area contributed by atoms with Crippen molar-refractivity contribution in [3.8, 4) is 0 Å². The third-order valence-electron chi connectivity index (χ3n) is 0.540. The van der Waals surface area contributed by atoms with Crippen LogP contribution in [0.4, 0.5) is 0 Å². The molecule has 0 saturated carbocycles. The zero-order chi connectivity index (χ0) is 6.95. The second kappa shape index (κ2) is 6.62. The van der Waals surface area contributed by atoms with Gasteiger partial charge < -0.3 is 0 Å². The van der Waals surface area contributed by atoms with Crippen molar-refractivity contribution < 1.29 is 0 Å². The van der Waals surface area contributed by atoms with Crippen molar-refractivity contribution in [1.82, 2.24) is 5.43 Å². The predicted molar refractivity (Wildman–Crippen MR) is 40.5 cm³/mol. The van der Waals surface area contributed by atoms with Gasteiger partial charge in [-0.15, -0.1) is 0 Å². The molecule has 0 aromatic heterocycles. The molecule has 0 aliphatic rings. The lowest BCUT2D eigenvalue weighted by molar-refractivity contribution is 0.983. The molecule has 0 aliphatic heterocycles. The predicted octanol–water partition coefficient (Wildman–Crippen LogP) is 0.920. The molecule has 0 heterocycles. The first-order chi connectivity index (χ1) is 4.41. The Hall–Kier alpha value is -1.38. The number of hydrogen-bond acceptors (Lipinski definition) is 3. The van der Waals surface area contributed by atoms with Crippen molar-refractivity contribution in [2.75, 3.05) is 0 Å². The van der Waals surface area contributed by atoms with E-state index in [0.29, 0.717) is 0 Å². The van der Waals surface area contributed by atoms with E-state index in [1.54, 1.807) is 18.5 Å². The second-order valence-corrected chi connectivity index (χ2v) is 1.13. The summed E-state index contributed by atoms with van der Waals surface area (Å²) in [5, 5.41) is 3.36. The highest BCUT2D eigenvalue weighted by atomic mass is 15.3. The average Bonchev–Trinajstić information content (AvgIpc) is 1.89. The fourth-order valence-corrected chi connectivity index (χ4v) is 0.249. The second-order valence-electron chi connectivity index (χ2n) is 1.13. The van der Waals surface area contributed by atoms with Crippen molar-refractivity contribution in [1.29, 1.82) is 0 Å². The molecule has 0 rings (SSSR count). The first-order valence-corrected chi connectivity index (χ1v) is 2.42. The molecule has 0 aromatic rings. The van der Waals surface area contributed by atoms with Crippen LogP contribution in [-0.2, 0) is 0 Å². The topological polar surface area (TPSA) is 36.8 Å². The lowest BCUT2D eigenvalue weighted by Crippen LogP contribution is -1.89. The normalized spacial score (nSPS) is 10.2. The molecule has 0 radical (unpaired) electrons. The maximum Gasteiger partial charge on any atom is 0.0282 e. The van der Waals surface area contributed by atoms with Gasteiger partial charge in [0, 0.05) is 25.3 Å². The Bertz CT molecular complexity index is 135. The fraction of sp³-hybridized carbons (Fsp3) is 0. The SMILES string of the molecule is C=C/N=C\C=C/NN=C. The Kier molecular flexibility index (Phi) is 5.60. The lowest BCUT2D eigenvalue weighted by atomic mass is 10.7. The summed E-state index contributed by atoms with van der Waals surface area (Å²) in [5.41, 5.74) is 2.51. The van der Waals surface area contributed by atoms with E-state index in [1.165, 1.54) is 6.20 Å². The van der Waals surface area contributed by atoms with Crippen molar-refractivity contribution in [2.24, 2.45) is 10.1 Å². The van der Waals surface area contributed by atoms with Crippen LogP contribution in [0.1, 0.15) is 0 Å². The molecule has 0 spiro atoms. The van der Waals surface area contributed by atoms with Gasteiger partial charge in [0.2, 0.25) is 0 Å². The Balaban J connectivity index is 3.33. The van der Waals surface area contributed by atoms with Gasteiger partial charge in [0.05, 0.1) is 0 Å². The Morgan fingerprint density at radius 3 is 2.78 bits per heavy atom. The zero-order valence-corrected chi connectivity index (χ0v) is 5.12. The Morgan fingerprint density at radius 2 is 2.22 bits per heavy atom. The smallest absolute Gasteiger partial charge is 0.0282 e. The molecule has 0 bridgehead atoms. The van der Waals surface area contributed by atoms with Crippen molar-refractivity contribution in [2.45, 2.75) is 0 Å². The molecule has 0 aliphatic carbocycles. The lowest BCUT2D eigenvalue weighted by Gasteiger charge is -1.80. The van der Waals surface area contributed by atoms with Gasteiger partial charge in [-0.3, -0.25) is 10.4 Å². The van der Waals surface area contributed by atoms with Crippen LogP contribution >= 0.6 is 0 Å². The minimum atomic E-state index is 1.45. The van der Waals surface area contributed by atoms with Crippen LogP contribution in [0.5, 0.6) is 0 Å². The summed E-state index contributed by atoms with van der Waals surface area (Å²) in [6, 6.07) is 0. The largest absolute Gasteiger partial charge is 0.286 e. The van der Waals surface area contributed by atoms with Crippen LogP contribution < -0.4 is 5.43 Å². The zero-order valence-electron chi connectivity index (χ0n) is 5.12. The van der Waals surface area contributed by atoms with E-state index in [2.05, 4.69) is 28.8 Å². The van der Waals surface area contributed by atoms with Gasteiger partial charge in [-0.05, 0) is 6.08 Å². The molecule has 0 atom stereocenters. The molecule has 3 heteroatoms. The summed E-state index contributed by atoms with van der Waals surface area (Å²) < 4.78 is 0. The van der Waals surface area contributed by atoms with E-state index >= 15 is 0 Å². The number of nitrogens with one attached hydrogen (secondary N) is 1. The first kappa shape index (κ1) is 7.62. The highest BCUT2D eigenvalue weighted by Gasteiger charge is 1.59. The number of aliphatic imine (C=N–C) groups is 1. The maximum atomic E-state index is 3.69. The third kappa shape index (κ3) is 6.62. The van der Waals surface area contributed by atoms with Gasteiger partial charge in [-0.25, -0.2) is 0 Å². The molecular weight excluding hydrogens is 114 g/mol. The molecule has 0 aromatic carbocycles. The van der Waals surface area contributed by atoms with Gasteiger partial charge in [0.25, 0.3) is 0 Å². The molecule has 3 nitrogen and oxygen atoms in total. The van der Waals surface area contributed by atoms with Crippen molar-refractivity contribution in [3.63, 3.8) is 0 Å². The van der Waals surface area contributed by atoms with E-state index in [-0.39, 0.29) is 0 Å². The number of nitrogens with zero attached hydrogens (tertiary/aromatic N) is 2. The van der Waals surface area contributed by atoms with Gasteiger partial charge >= 0.3 is 0 Å². The molecule has 48 valence electrons. The van der Waals surface area contributed by atoms with E-state index in [1.807, 2.05) is 0 Å². The van der Waals surface area contributed by atoms with Gasteiger partial charge in [-0.2, -0.15) is 5.10 Å². The van der Waals surface area contributed by atoms with Crippen LogP contribution in [0.3, 0.4) is 0 Å². The van der Waals surface area contributed by atoms with Crippen molar-refractivity contribution >= 4 is 12.9 Å². The van der Waals surface area contributed by atoms with Gasteiger partial charge in [0.1, 0.15) is 0 Å². The van der Waals surface area contributed by atoms with Crippen LogP contribution in [0, 0.1) is 0 Å². The summed E-state index contributed by atoms with van der Waals surface area (Å²) in [6.07, 6.45) is 6.34. The highest BCUT2D eigenvalue weighted by molar-refractivity contribution is 5.71. The Labute approximate surface area is 54.5 Å². The van der Waals surface area contributed by atoms with E-state index in [0.717, 1.165) is 0 Å².